The molecule has 0 radical (unpaired) electrons. The van der Waals surface area contributed by atoms with Gasteiger partial charge in [-0.1, -0.05) is 30.3 Å². The molecule has 4 aromatic rings. The van der Waals surface area contributed by atoms with Crippen molar-refractivity contribution in [1.29, 1.82) is 0 Å². The number of aryl methyl sites for hydroxylation is 2. The van der Waals surface area contributed by atoms with Gasteiger partial charge in [0.1, 0.15) is 16.5 Å². The van der Waals surface area contributed by atoms with E-state index in [4.69, 9.17) is 4.98 Å². The predicted molar refractivity (Wildman–Crippen MR) is 126 cm³/mol. The van der Waals surface area contributed by atoms with Crippen molar-refractivity contribution in [3.05, 3.63) is 66.0 Å². The second-order valence-corrected chi connectivity index (χ2v) is 8.14. The molecule has 4 rings (SSSR count). The molecule has 4 nitrogen and oxygen atoms in total. The van der Waals surface area contributed by atoms with Crippen LogP contribution >= 0.6 is 11.3 Å². The molecule has 0 bridgehead atoms. The number of rotatable bonds is 6. The molecule has 0 saturated carbocycles. The van der Waals surface area contributed by atoms with Crippen LogP contribution in [0.15, 0.2) is 54.6 Å². The lowest BCUT2D eigenvalue weighted by Gasteiger charge is -2.22. The molecule has 148 valence electrons. The van der Waals surface area contributed by atoms with E-state index >= 15 is 0 Å². The van der Waals surface area contributed by atoms with Crippen LogP contribution in [0.1, 0.15) is 25.2 Å². The topological polar surface area (TPSA) is 41.0 Å². The van der Waals surface area contributed by atoms with Gasteiger partial charge in [0.25, 0.3) is 0 Å². The Kier molecular flexibility index (Phi) is 5.49. The molecule has 0 fully saturated rings. The summed E-state index contributed by atoms with van der Waals surface area (Å²) in [4.78, 5) is 13.9. The van der Waals surface area contributed by atoms with E-state index in [1.807, 2.05) is 13.0 Å². The monoisotopic (exact) mass is 402 g/mol. The summed E-state index contributed by atoms with van der Waals surface area (Å²) in [6.45, 7) is 10.5. The Morgan fingerprint density at radius 1 is 0.931 bits per heavy atom. The van der Waals surface area contributed by atoms with Gasteiger partial charge in [-0.2, -0.15) is 0 Å². The lowest BCUT2D eigenvalue weighted by molar-refractivity contribution is 0.866. The van der Waals surface area contributed by atoms with Crippen molar-refractivity contribution in [2.24, 2.45) is 0 Å². The summed E-state index contributed by atoms with van der Waals surface area (Å²) in [5.74, 6) is 1.64. The third-order valence-corrected chi connectivity index (χ3v) is 6.23. The second-order valence-electron chi connectivity index (χ2n) is 7.11. The van der Waals surface area contributed by atoms with Gasteiger partial charge in [0, 0.05) is 29.3 Å². The first-order chi connectivity index (χ1) is 14.1. The minimum Gasteiger partial charge on any atom is -0.372 e. The average molecular weight is 403 g/mol. The van der Waals surface area contributed by atoms with Gasteiger partial charge in [-0.25, -0.2) is 9.97 Å². The summed E-state index contributed by atoms with van der Waals surface area (Å²) in [6, 6.07) is 19.2. The lowest BCUT2D eigenvalue weighted by Crippen LogP contribution is -2.21. The van der Waals surface area contributed by atoms with E-state index in [0.717, 1.165) is 40.6 Å². The average Bonchev–Trinajstić information content (AvgIpc) is 3.15. The molecule has 0 unspecified atom stereocenters. The Labute approximate surface area is 176 Å². The number of nitrogens with zero attached hydrogens (tertiary/aromatic N) is 3. The van der Waals surface area contributed by atoms with Gasteiger partial charge >= 0.3 is 0 Å². The lowest BCUT2D eigenvalue weighted by atomic mass is 10.1. The van der Waals surface area contributed by atoms with Crippen LogP contribution in [0, 0.1) is 13.8 Å². The molecule has 29 heavy (non-hydrogen) atoms. The molecule has 2 heterocycles. The molecular weight excluding hydrogens is 376 g/mol. The fraction of sp³-hybridized carbons (Fsp3) is 0.250. The number of benzene rings is 2. The maximum Gasteiger partial charge on any atom is 0.142 e. The molecular formula is C24H26N4S. The SMILES string of the molecule is CCN(CC)c1ccc(Nc2nc(C)nc3sc(-c4ccccc4)cc23)c(C)c1. The van der Waals surface area contributed by atoms with E-state index in [0.29, 0.717) is 0 Å². The van der Waals surface area contributed by atoms with Gasteiger partial charge < -0.3 is 10.2 Å². The molecule has 2 aromatic heterocycles. The first-order valence-corrected chi connectivity index (χ1v) is 10.9. The third kappa shape index (κ3) is 3.96. The van der Waals surface area contributed by atoms with Crippen molar-refractivity contribution >= 4 is 38.7 Å². The van der Waals surface area contributed by atoms with Gasteiger partial charge in [-0.15, -0.1) is 11.3 Å². The molecule has 0 aliphatic carbocycles. The van der Waals surface area contributed by atoms with Crippen LogP contribution < -0.4 is 10.2 Å². The van der Waals surface area contributed by atoms with E-state index < -0.39 is 0 Å². The number of thiophene rings is 1. The highest BCUT2D eigenvalue weighted by Gasteiger charge is 2.13. The van der Waals surface area contributed by atoms with Crippen LogP contribution in [0.3, 0.4) is 0 Å². The minimum atomic E-state index is 0.777. The van der Waals surface area contributed by atoms with Crippen LogP contribution in [0.4, 0.5) is 17.2 Å². The van der Waals surface area contributed by atoms with Crippen LogP contribution in [0.5, 0.6) is 0 Å². The highest BCUT2D eigenvalue weighted by Crippen LogP contribution is 2.36. The Morgan fingerprint density at radius 3 is 2.38 bits per heavy atom. The van der Waals surface area contributed by atoms with E-state index in [9.17, 15) is 0 Å². The molecule has 0 saturated heterocycles. The molecule has 0 aliphatic heterocycles. The summed E-state index contributed by atoms with van der Waals surface area (Å²) in [5.41, 5.74) is 4.74. The summed E-state index contributed by atoms with van der Waals surface area (Å²) in [7, 11) is 0. The molecule has 0 atom stereocenters. The van der Waals surface area contributed by atoms with Crippen molar-refractivity contribution in [2.45, 2.75) is 27.7 Å². The maximum absolute atomic E-state index is 4.71. The van der Waals surface area contributed by atoms with Crippen LogP contribution in [-0.2, 0) is 0 Å². The van der Waals surface area contributed by atoms with Crippen molar-refractivity contribution in [3.8, 4) is 10.4 Å². The zero-order valence-corrected chi connectivity index (χ0v) is 18.2. The van der Waals surface area contributed by atoms with Gasteiger partial charge in [-0.3, -0.25) is 0 Å². The van der Waals surface area contributed by atoms with E-state index in [1.165, 1.54) is 21.7 Å². The number of anilines is 3. The molecule has 0 aliphatic rings. The number of hydrogen-bond donors (Lipinski definition) is 1. The Bertz CT molecular complexity index is 1130. The highest BCUT2D eigenvalue weighted by atomic mass is 32.1. The molecule has 0 spiro atoms. The van der Waals surface area contributed by atoms with Crippen molar-refractivity contribution in [3.63, 3.8) is 0 Å². The van der Waals surface area contributed by atoms with Crippen molar-refractivity contribution in [2.75, 3.05) is 23.3 Å². The van der Waals surface area contributed by atoms with Crippen molar-refractivity contribution in [1.82, 2.24) is 9.97 Å². The fourth-order valence-electron chi connectivity index (χ4n) is 3.57. The van der Waals surface area contributed by atoms with Crippen molar-refractivity contribution < 1.29 is 0 Å². The van der Waals surface area contributed by atoms with Crippen LogP contribution in [-0.4, -0.2) is 23.1 Å². The Balaban J connectivity index is 1.72. The Hall–Kier alpha value is -2.92. The van der Waals surface area contributed by atoms with E-state index in [1.54, 1.807) is 11.3 Å². The normalized spacial score (nSPS) is 11.0. The quantitative estimate of drug-likeness (QED) is 0.396. The first-order valence-electron chi connectivity index (χ1n) is 10.0. The van der Waals surface area contributed by atoms with Gasteiger partial charge in [-0.05, 0) is 63.1 Å². The van der Waals surface area contributed by atoms with Crippen LogP contribution in [0.25, 0.3) is 20.7 Å². The standard InChI is InChI=1S/C24H26N4S/c1-5-28(6-2)19-12-13-21(16(3)14-19)27-23-20-15-22(18-10-8-7-9-11-18)29-24(20)26-17(4)25-23/h7-15H,5-6H2,1-4H3,(H,25,26,27). The first kappa shape index (κ1) is 19.4. The summed E-state index contributed by atoms with van der Waals surface area (Å²) >= 11 is 1.71. The Morgan fingerprint density at radius 2 is 1.69 bits per heavy atom. The molecule has 2 aromatic carbocycles. The highest BCUT2D eigenvalue weighted by molar-refractivity contribution is 7.21. The third-order valence-electron chi connectivity index (χ3n) is 5.15. The number of nitrogens with one attached hydrogen (secondary N) is 1. The molecule has 5 heteroatoms. The smallest absolute Gasteiger partial charge is 0.142 e. The summed E-state index contributed by atoms with van der Waals surface area (Å²) < 4.78 is 0. The van der Waals surface area contributed by atoms with Gasteiger partial charge in [0.15, 0.2) is 0 Å². The largest absolute Gasteiger partial charge is 0.372 e. The summed E-state index contributed by atoms with van der Waals surface area (Å²) in [5, 5.41) is 4.62. The predicted octanol–water partition coefficient (Wildman–Crippen LogP) is 6.56. The zero-order valence-electron chi connectivity index (χ0n) is 17.4. The maximum atomic E-state index is 4.71. The molecule has 1 N–H and O–H groups in total. The van der Waals surface area contributed by atoms with E-state index in [2.05, 4.69) is 84.5 Å². The van der Waals surface area contributed by atoms with Gasteiger partial charge in [0.05, 0.1) is 5.39 Å². The number of hydrogen-bond acceptors (Lipinski definition) is 5. The number of fused-ring (bicyclic) bond motifs is 1. The molecule has 0 amide bonds. The second kappa shape index (κ2) is 8.21. The fourth-order valence-corrected chi connectivity index (χ4v) is 4.65. The number of aromatic nitrogens is 2. The van der Waals surface area contributed by atoms with E-state index in [-0.39, 0.29) is 0 Å². The summed E-state index contributed by atoms with van der Waals surface area (Å²) in [6.07, 6.45) is 0. The minimum absolute atomic E-state index is 0.777. The van der Waals surface area contributed by atoms with Gasteiger partial charge in [0.2, 0.25) is 0 Å². The van der Waals surface area contributed by atoms with Crippen LogP contribution in [0.2, 0.25) is 0 Å². The zero-order chi connectivity index (χ0) is 20.4.